The summed E-state index contributed by atoms with van der Waals surface area (Å²) < 4.78 is 2.85. The highest BCUT2D eigenvalue weighted by Crippen LogP contribution is 2.44. The lowest BCUT2D eigenvalue weighted by molar-refractivity contribution is 0.629. The molecule has 4 nitrogen and oxygen atoms in total. The predicted octanol–water partition coefficient (Wildman–Crippen LogP) is 4.30. The van der Waals surface area contributed by atoms with Gasteiger partial charge in [0.2, 0.25) is 0 Å². The van der Waals surface area contributed by atoms with Crippen molar-refractivity contribution in [1.29, 1.82) is 0 Å². The van der Waals surface area contributed by atoms with Crippen molar-refractivity contribution in [2.45, 2.75) is 58.4 Å². The van der Waals surface area contributed by atoms with Gasteiger partial charge in [-0.1, -0.05) is 20.3 Å². The molecular formula is C14H20N4S2. The van der Waals surface area contributed by atoms with E-state index in [4.69, 9.17) is 17.2 Å². The zero-order valence-corrected chi connectivity index (χ0v) is 13.6. The van der Waals surface area contributed by atoms with Gasteiger partial charge in [0.05, 0.1) is 15.6 Å². The molecule has 2 aromatic heterocycles. The van der Waals surface area contributed by atoms with Gasteiger partial charge in [0.15, 0.2) is 10.6 Å². The van der Waals surface area contributed by atoms with Crippen LogP contribution < -0.4 is 0 Å². The van der Waals surface area contributed by atoms with Crippen molar-refractivity contribution in [3.8, 4) is 10.7 Å². The Morgan fingerprint density at radius 1 is 1.40 bits per heavy atom. The van der Waals surface area contributed by atoms with E-state index in [1.54, 1.807) is 0 Å². The Kier molecular flexibility index (Phi) is 4.03. The molecular weight excluding hydrogens is 288 g/mol. The van der Waals surface area contributed by atoms with Gasteiger partial charge in [-0.15, -0.1) is 11.3 Å². The maximum absolute atomic E-state index is 5.37. The minimum atomic E-state index is 0.699. The number of hydrogen-bond acceptors (Lipinski definition) is 4. The molecule has 0 radical (unpaired) electrons. The van der Waals surface area contributed by atoms with Crippen LogP contribution in [0.5, 0.6) is 0 Å². The summed E-state index contributed by atoms with van der Waals surface area (Å²) in [5.74, 6) is 1.68. The van der Waals surface area contributed by atoms with Gasteiger partial charge in [0, 0.05) is 12.5 Å². The third-order valence-corrected chi connectivity index (χ3v) is 5.24. The maximum Gasteiger partial charge on any atom is 0.195 e. The Morgan fingerprint density at radius 2 is 2.20 bits per heavy atom. The van der Waals surface area contributed by atoms with Crippen molar-refractivity contribution in [1.82, 2.24) is 19.7 Å². The first-order chi connectivity index (χ1) is 9.74. The molecule has 0 amide bonds. The molecule has 108 valence electrons. The number of aromatic nitrogens is 4. The van der Waals surface area contributed by atoms with E-state index in [2.05, 4.69) is 28.6 Å². The number of nitrogens with zero attached hydrogens (tertiary/aromatic N) is 3. The van der Waals surface area contributed by atoms with Gasteiger partial charge < -0.3 is 0 Å². The fraction of sp³-hybridized carbons (Fsp3) is 0.643. The van der Waals surface area contributed by atoms with Gasteiger partial charge in [-0.25, -0.2) is 4.98 Å². The number of thiazole rings is 1. The number of aromatic amines is 1. The fourth-order valence-electron chi connectivity index (χ4n) is 2.30. The Morgan fingerprint density at radius 3 is 2.85 bits per heavy atom. The number of nitrogens with one attached hydrogen (secondary N) is 1. The number of aryl methyl sites for hydroxylation is 1. The van der Waals surface area contributed by atoms with Crippen LogP contribution in [-0.4, -0.2) is 19.7 Å². The Balaban J connectivity index is 2.01. The van der Waals surface area contributed by atoms with Gasteiger partial charge in [-0.05, 0) is 37.9 Å². The molecule has 1 aliphatic carbocycles. The van der Waals surface area contributed by atoms with Crippen molar-refractivity contribution in [3.63, 3.8) is 0 Å². The quantitative estimate of drug-likeness (QED) is 0.809. The molecule has 1 aliphatic rings. The van der Waals surface area contributed by atoms with E-state index in [1.807, 2.05) is 11.3 Å². The van der Waals surface area contributed by atoms with Gasteiger partial charge in [0.1, 0.15) is 0 Å². The van der Waals surface area contributed by atoms with Gasteiger partial charge in [0.25, 0.3) is 0 Å². The van der Waals surface area contributed by atoms with Crippen LogP contribution >= 0.6 is 23.6 Å². The van der Waals surface area contributed by atoms with Gasteiger partial charge in [-0.3, -0.25) is 9.67 Å². The summed E-state index contributed by atoms with van der Waals surface area (Å²) in [5.41, 5.74) is 1.17. The summed E-state index contributed by atoms with van der Waals surface area (Å²) in [6.07, 6.45) is 5.81. The van der Waals surface area contributed by atoms with Crippen molar-refractivity contribution in [2.75, 3.05) is 0 Å². The third kappa shape index (κ3) is 2.59. The zero-order valence-electron chi connectivity index (χ0n) is 12.0. The SMILES string of the molecule is CCCCn1c(-c2sc(C3CC3)nc2CC)n[nH]c1=S. The van der Waals surface area contributed by atoms with E-state index < -0.39 is 0 Å². The van der Waals surface area contributed by atoms with Crippen LogP contribution in [-0.2, 0) is 13.0 Å². The highest BCUT2D eigenvalue weighted by Gasteiger charge is 2.29. The number of hydrogen-bond donors (Lipinski definition) is 1. The van der Waals surface area contributed by atoms with Crippen LogP contribution in [0.25, 0.3) is 10.7 Å². The van der Waals surface area contributed by atoms with Gasteiger partial charge >= 0.3 is 0 Å². The van der Waals surface area contributed by atoms with Crippen LogP contribution in [0.2, 0.25) is 0 Å². The minimum Gasteiger partial charge on any atom is -0.299 e. The molecule has 1 fully saturated rings. The van der Waals surface area contributed by atoms with Crippen LogP contribution in [0.4, 0.5) is 0 Å². The second kappa shape index (κ2) is 5.77. The average molecular weight is 308 g/mol. The zero-order chi connectivity index (χ0) is 14.1. The molecule has 0 saturated heterocycles. The lowest BCUT2D eigenvalue weighted by atomic mass is 10.2. The molecule has 3 rings (SSSR count). The fourth-order valence-corrected chi connectivity index (χ4v) is 3.85. The van der Waals surface area contributed by atoms with Crippen molar-refractivity contribution in [2.24, 2.45) is 0 Å². The van der Waals surface area contributed by atoms with E-state index >= 15 is 0 Å². The lowest BCUT2D eigenvalue weighted by Crippen LogP contribution is -2.01. The number of H-pyrrole nitrogens is 1. The summed E-state index contributed by atoms with van der Waals surface area (Å²) in [5, 5.41) is 8.69. The Labute approximate surface area is 128 Å². The van der Waals surface area contributed by atoms with E-state index in [0.717, 1.165) is 36.4 Å². The monoisotopic (exact) mass is 308 g/mol. The van der Waals surface area contributed by atoms with Crippen LogP contribution in [0, 0.1) is 4.77 Å². The molecule has 1 N–H and O–H groups in total. The summed E-state index contributed by atoms with van der Waals surface area (Å²) in [6, 6.07) is 0. The van der Waals surface area contributed by atoms with Crippen LogP contribution in [0.1, 0.15) is 56.2 Å². The molecule has 0 aromatic carbocycles. The summed E-state index contributed by atoms with van der Waals surface area (Å²) in [7, 11) is 0. The van der Waals surface area contributed by atoms with Crippen LogP contribution in [0.3, 0.4) is 0 Å². The Hall–Kier alpha value is -1.01. The van der Waals surface area contributed by atoms with E-state index in [9.17, 15) is 0 Å². The van der Waals surface area contributed by atoms with E-state index in [-0.39, 0.29) is 0 Å². The largest absolute Gasteiger partial charge is 0.299 e. The molecule has 2 aromatic rings. The molecule has 0 unspecified atom stereocenters. The first-order valence-corrected chi connectivity index (χ1v) is 8.62. The molecule has 6 heteroatoms. The molecule has 2 heterocycles. The maximum atomic E-state index is 5.37. The minimum absolute atomic E-state index is 0.699. The number of unbranched alkanes of at least 4 members (excludes halogenated alkanes) is 1. The number of rotatable bonds is 6. The summed E-state index contributed by atoms with van der Waals surface area (Å²) >= 11 is 7.17. The topological polar surface area (TPSA) is 46.5 Å². The molecule has 0 bridgehead atoms. The highest BCUT2D eigenvalue weighted by atomic mass is 32.1. The average Bonchev–Trinajstić information content (AvgIpc) is 3.12. The van der Waals surface area contributed by atoms with E-state index in [0.29, 0.717) is 5.92 Å². The molecule has 1 saturated carbocycles. The van der Waals surface area contributed by atoms with Crippen molar-refractivity contribution >= 4 is 23.6 Å². The Bertz CT molecular complexity index is 648. The molecule has 0 aliphatic heterocycles. The summed E-state index contributed by atoms with van der Waals surface area (Å²) in [4.78, 5) is 6.02. The first-order valence-electron chi connectivity index (χ1n) is 7.39. The summed E-state index contributed by atoms with van der Waals surface area (Å²) in [6.45, 7) is 5.28. The first kappa shape index (κ1) is 13.9. The normalized spacial score (nSPS) is 14.9. The van der Waals surface area contributed by atoms with E-state index in [1.165, 1.54) is 28.4 Å². The highest BCUT2D eigenvalue weighted by molar-refractivity contribution is 7.71. The predicted molar refractivity (Wildman–Crippen MR) is 84.8 cm³/mol. The van der Waals surface area contributed by atoms with Crippen molar-refractivity contribution < 1.29 is 0 Å². The molecule has 0 atom stereocenters. The third-order valence-electron chi connectivity index (χ3n) is 3.67. The van der Waals surface area contributed by atoms with Crippen molar-refractivity contribution in [3.05, 3.63) is 15.5 Å². The second-order valence-electron chi connectivity index (χ2n) is 5.31. The molecule has 20 heavy (non-hydrogen) atoms. The smallest absolute Gasteiger partial charge is 0.195 e. The van der Waals surface area contributed by atoms with Gasteiger partial charge in [-0.2, -0.15) is 5.10 Å². The standard InChI is InChI=1S/C14H20N4S2/c1-3-5-8-18-12(16-17-14(18)19)11-10(4-2)15-13(20-11)9-6-7-9/h9H,3-8H2,1-2H3,(H,17,19). The lowest BCUT2D eigenvalue weighted by Gasteiger charge is -2.05. The second-order valence-corrected chi connectivity index (χ2v) is 6.73. The molecule has 0 spiro atoms. The van der Waals surface area contributed by atoms with Crippen LogP contribution in [0.15, 0.2) is 0 Å².